The Balaban J connectivity index is 2.09. The summed E-state index contributed by atoms with van der Waals surface area (Å²) in [6.07, 6.45) is 0. The summed E-state index contributed by atoms with van der Waals surface area (Å²) >= 11 is 3.40. The van der Waals surface area contributed by atoms with E-state index in [-0.39, 0.29) is 17.8 Å². The second kappa shape index (κ2) is 5.79. The molecule has 1 aromatic heterocycles. The van der Waals surface area contributed by atoms with E-state index in [2.05, 4.69) is 41.9 Å². The van der Waals surface area contributed by atoms with E-state index in [4.69, 9.17) is 4.74 Å². The number of carbonyl (C=O) groups excluding carboxylic acids is 1. The monoisotopic (exact) mass is 325 g/mol. The number of amides is 1. The molecular formula is C11H12BrN5O2. The van der Waals surface area contributed by atoms with Crippen molar-refractivity contribution in [1.29, 1.82) is 0 Å². The van der Waals surface area contributed by atoms with Crippen molar-refractivity contribution in [3.63, 3.8) is 0 Å². The van der Waals surface area contributed by atoms with E-state index in [1.807, 2.05) is 25.1 Å². The lowest BCUT2D eigenvalue weighted by atomic mass is 10.1. The molecule has 0 radical (unpaired) electrons. The van der Waals surface area contributed by atoms with Gasteiger partial charge >= 0.3 is 0 Å². The summed E-state index contributed by atoms with van der Waals surface area (Å²) in [5.74, 6) is 0.369. The van der Waals surface area contributed by atoms with Gasteiger partial charge in [0, 0.05) is 0 Å². The average Bonchev–Trinajstić information content (AvgIpc) is 2.92. The number of tetrazole rings is 1. The fraction of sp³-hybridized carbons (Fsp3) is 0.273. The van der Waals surface area contributed by atoms with Crippen molar-refractivity contribution in [1.82, 2.24) is 25.9 Å². The van der Waals surface area contributed by atoms with Crippen molar-refractivity contribution in [2.75, 3.05) is 7.11 Å². The minimum atomic E-state index is -0.381. The van der Waals surface area contributed by atoms with Gasteiger partial charge in [-0.25, -0.2) is 0 Å². The predicted octanol–water partition coefficient (Wildman–Crippen LogP) is 1.46. The van der Waals surface area contributed by atoms with E-state index >= 15 is 0 Å². The lowest BCUT2D eigenvalue weighted by molar-refractivity contribution is 0.0929. The summed E-state index contributed by atoms with van der Waals surface area (Å²) in [5, 5.41) is 15.6. The number of halogens is 1. The zero-order valence-corrected chi connectivity index (χ0v) is 11.9. The van der Waals surface area contributed by atoms with Crippen molar-refractivity contribution >= 4 is 21.8 Å². The Morgan fingerprint density at radius 3 is 2.89 bits per heavy atom. The fourth-order valence-electron chi connectivity index (χ4n) is 1.55. The number of rotatable bonds is 4. The van der Waals surface area contributed by atoms with E-state index in [1.54, 1.807) is 7.11 Å². The normalized spacial score (nSPS) is 11.9. The van der Waals surface area contributed by atoms with Crippen LogP contribution in [0.5, 0.6) is 5.75 Å². The van der Waals surface area contributed by atoms with E-state index in [0.29, 0.717) is 0 Å². The third-order valence-corrected chi connectivity index (χ3v) is 3.19. The molecule has 0 aliphatic heterocycles. The second-order valence-electron chi connectivity index (χ2n) is 3.82. The molecule has 2 N–H and O–H groups in total. The Kier molecular flexibility index (Phi) is 4.10. The zero-order valence-electron chi connectivity index (χ0n) is 10.3. The summed E-state index contributed by atoms with van der Waals surface area (Å²) in [5.41, 5.74) is 0.935. The molecule has 2 rings (SSSR count). The fourth-order valence-corrected chi connectivity index (χ4v) is 2.11. The van der Waals surface area contributed by atoms with Gasteiger partial charge in [0.1, 0.15) is 5.75 Å². The van der Waals surface area contributed by atoms with Crippen LogP contribution in [0.2, 0.25) is 0 Å². The number of ether oxygens (including phenoxy) is 1. The number of hydrogen-bond donors (Lipinski definition) is 2. The number of nitrogens with one attached hydrogen (secondary N) is 2. The van der Waals surface area contributed by atoms with Crippen LogP contribution in [0.1, 0.15) is 29.1 Å². The molecule has 100 valence electrons. The van der Waals surface area contributed by atoms with E-state index in [9.17, 15) is 4.79 Å². The molecule has 0 spiro atoms. The largest absolute Gasteiger partial charge is 0.496 e. The number of methoxy groups -OCH3 is 1. The maximum Gasteiger partial charge on any atom is 0.293 e. The molecule has 8 heteroatoms. The average molecular weight is 326 g/mol. The maximum absolute atomic E-state index is 11.8. The van der Waals surface area contributed by atoms with Gasteiger partial charge in [-0.2, -0.15) is 5.21 Å². The molecule has 0 aliphatic rings. The highest BCUT2D eigenvalue weighted by molar-refractivity contribution is 9.10. The van der Waals surface area contributed by atoms with Crippen molar-refractivity contribution in [3.8, 4) is 5.75 Å². The first kappa shape index (κ1) is 13.5. The summed E-state index contributed by atoms with van der Waals surface area (Å²) in [4.78, 5) is 11.8. The Labute approximate surface area is 117 Å². The van der Waals surface area contributed by atoms with Crippen LogP contribution in [0.3, 0.4) is 0 Å². The van der Waals surface area contributed by atoms with Crippen molar-refractivity contribution in [2.24, 2.45) is 0 Å². The van der Waals surface area contributed by atoms with Gasteiger partial charge in [0.2, 0.25) is 0 Å². The lowest BCUT2D eigenvalue weighted by Crippen LogP contribution is -2.27. The van der Waals surface area contributed by atoms with E-state index in [1.165, 1.54) is 0 Å². The molecule has 1 aromatic carbocycles. The number of H-pyrrole nitrogens is 1. The van der Waals surface area contributed by atoms with Crippen LogP contribution in [0, 0.1) is 0 Å². The molecule has 1 unspecified atom stereocenters. The number of carbonyl (C=O) groups is 1. The summed E-state index contributed by atoms with van der Waals surface area (Å²) in [6, 6.07) is 5.41. The molecule has 1 amide bonds. The summed E-state index contributed by atoms with van der Waals surface area (Å²) in [7, 11) is 1.60. The van der Waals surface area contributed by atoms with E-state index < -0.39 is 0 Å². The second-order valence-corrected chi connectivity index (χ2v) is 4.68. The standard InChI is InChI=1S/C11H12BrN5O2/c1-6(13-11(18)10-14-16-17-15-10)7-3-4-9(19-2)8(12)5-7/h3-6H,1-2H3,(H,13,18)(H,14,15,16,17). The topological polar surface area (TPSA) is 92.8 Å². The Morgan fingerprint density at radius 2 is 2.32 bits per heavy atom. The molecule has 7 nitrogen and oxygen atoms in total. The third kappa shape index (κ3) is 3.08. The van der Waals surface area contributed by atoms with Crippen LogP contribution >= 0.6 is 15.9 Å². The van der Waals surface area contributed by atoms with Crippen LogP contribution in [-0.4, -0.2) is 33.6 Å². The first-order valence-electron chi connectivity index (χ1n) is 5.49. The molecule has 0 fully saturated rings. The van der Waals surface area contributed by atoms with Crippen molar-refractivity contribution < 1.29 is 9.53 Å². The lowest BCUT2D eigenvalue weighted by Gasteiger charge is -2.14. The number of aromatic amines is 1. The van der Waals surface area contributed by atoms with Gasteiger partial charge in [-0.1, -0.05) is 6.07 Å². The van der Waals surface area contributed by atoms with E-state index in [0.717, 1.165) is 15.8 Å². The van der Waals surface area contributed by atoms with Crippen LogP contribution in [0.15, 0.2) is 22.7 Å². The molecule has 19 heavy (non-hydrogen) atoms. The van der Waals surface area contributed by atoms with Gasteiger partial charge in [-0.05, 0) is 45.8 Å². The highest BCUT2D eigenvalue weighted by Gasteiger charge is 2.15. The highest BCUT2D eigenvalue weighted by Crippen LogP contribution is 2.27. The molecule has 0 aliphatic carbocycles. The predicted molar refractivity (Wildman–Crippen MR) is 70.8 cm³/mol. The first-order chi connectivity index (χ1) is 9.11. The minimum Gasteiger partial charge on any atom is -0.496 e. The minimum absolute atomic E-state index is 0.0134. The summed E-state index contributed by atoms with van der Waals surface area (Å²) in [6.45, 7) is 1.87. The SMILES string of the molecule is COc1ccc(C(C)NC(=O)c2nn[nH]n2)cc1Br. The molecule has 0 saturated heterocycles. The van der Waals surface area contributed by atoms with Gasteiger partial charge < -0.3 is 10.1 Å². The van der Waals surface area contributed by atoms with Crippen LogP contribution in [-0.2, 0) is 0 Å². The van der Waals surface area contributed by atoms with Crippen LogP contribution < -0.4 is 10.1 Å². The van der Waals surface area contributed by atoms with Gasteiger partial charge in [-0.3, -0.25) is 4.79 Å². The van der Waals surface area contributed by atoms with Crippen molar-refractivity contribution in [3.05, 3.63) is 34.1 Å². The Bertz CT molecular complexity index is 572. The Hall–Kier alpha value is -1.96. The molecular weight excluding hydrogens is 314 g/mol. The number of nitrogens with zero attached hydrogens (tertiary/aromatic N) is 3. The van der Waals surface area contributed by atoms with Gasteiger partial charge in [0.05, 0.1) is 17.6 Å². The third-order valence-electron chi connectivity index (χ3n) is 2.57. The highest BCUT2D eigenvalue weighted by atomic mass is 79.9. The van der Waals surface area contributed by atoms with Gasteiger partial charge in [0.25, 0.3) is 11.7 Å². The zero-order chi connectivity index (χ0) is 13.8. The van der Waals surface area contributed by atoms with Crippen LogP contribution in [0.25, 0.3) is 0 Å². The molecule has 0 saturated carbocycles. The molecule has 1 heterocycles. The molecule has 2 aromatic rings. The smallest absolute Gasteiger partial charge is 0.293 e. The Morgan fingerprint density at radius 1 is 1.53 bits per heavy atom. The quantitative estimate of drug-likeness (QED) is 0.887. The maximum atomic E-state index is 11.8. The first-order valence-corrected chi connectivity index (χ1v) is 6.29. The number of hydrogen-bond acceptors (Lipinski definition) is 5. The number of aromatic nitrogens is 4. The summed E-state index contributed by atoms with van der Waals surface area (Å²) < 4.78 is 5.98. The molecule has 1 atom stereocenters. The van der Waals surface area contributed by atoms with Crippen molar-refractivity contribution in [2.45, 2.75) is 13.0 Å². The van der Waals surface area contributed by atoms with Gasteiger partial charge in [-0.15, -0.1) is 10.2 Å². The van der Waals surface area contributed by atoms with Gasteiger partial charge in [0.15, 0.2) is 0 Å². The number of benzene rings is 1. The molecule has 0 bridgehead atoms. The van der Waals surface area contributed by atoms with Crippen LogP contribution in [0.4, 0.5) is 0 Å².